The highest BCUT2D eigenvalue weighted by Gasteiger charge is 2.08. The summed E-state index contributed by atoms with van der Waals surface area (Å²) in [4.78, 5) is 15.8. The van der Waals surface area contributed by atoms with Crippen LogP contribution in [0.3, 0.4) is 0 Å². The molecule has 0 unspecified atom stereocenters. The van der Waals surface area contributed by atoms with E-state index in [0.29, 0.717) is 0 Å². The van der Waals surface area contributed by atoms with E-state index in [0.717, 1.165) is 26.6 Å². The Kier molecular flexibility index (Phi) is 3.79. The van der Waals surface area contributed by atoms with Crippen LogP contribution in [-0.4, -0.2) is 16.1 Å². The normalized spacial score (nSPS) is 10.5. The summed E-state index contributed by atoms with van der Waals surface area (Å²) in [5.41, 5.74) is 3.29. The maximum Gasteiger partial charge on any atom is 0.308 e. The number of thiazole rings is 1. The molecule has 4 heteroatoms. The van der Waals surface area contributed by atoms with Crippen molar-refractivity contribution in [3.05, 3.63) is 65.7 Å². The minimum atomic E-state index is -0.830. The number of carbonyl (C=O) groups is 1. The maximum absolute atomic E-state index is 10.7. The fourth-order valence-electron chi connectivity index (χ4n) is 2.13. The fourth-order valence-corrected chi connectivity index (χ4v) is 3.03. The summed E-state index contributed by atoms with van der Waals surface area (Å²) in [7, 11) is 0. The molecular weight excluding hydrogens is 282 g/mol. The number of aromatic nitrogens is 1. The van der Waals surface area contributed by atoms with Gasteiger partial charge in [-0.15, -0.1) is 11.3 Å². The minimum absolute atomic E-state index is 0.0239. The highest BCUT2D eigenvalue weighted by atomic mass is 32.1. The number of rotatable bonds is 4. The number of carboxylic acids is 1. The van der Waals surface area contributed by atoms with Gasteiger partial charge < -0.3 is 5.11 Å². The predicted octanol–water partition coefficient (Wildman–Crippen LogP) is 4.10. The van der Waals surface area contributed by atoms with Gasteiger partial charge in [-0.1, -0.05) is 48.5 Å². The molecule has 0 amide bonds. The molecule has 0 saturated heterocycles. The smallest absolute Gasteiger partial charge is 0.308 e. The molecule has 104 valence electrons. The summed E-state index contributed by atoms with van der Waals surface area (Å²) in [6, 6.07) is 18.3. The van der Waals surface area contributed by atoms with Crippen LogP contribution in [0.1, 0.15) is 4.88 Å². The zero-order valence-corrected chi connectivity index (χ0v) is 12.0. The second kappa shape index (κ2) is 5.89. The van der Waals surface area contributed by atoms with Crippen molar-refractivity contribution in [2.75, 3.05) is 0 Å². The van der Waals surface area contributed by atoms with Crippen molar-refractivity contribution in [1.82, 2.24) is 4.98 Å². The van der Waals surface area contributed by atoms with Crippen molar-refractivity contribution in [2.24, 2.45) is 0 Å². The van der Waals surface area contributed by atoms with E-state index in [1.165, 1.54) is 11.3 Å². The van der Waals surface area contributed by atoms with Crippen LogP contribution in [0.2, 0.25) is 0 Å². The van der Waals surface area contributed by atoms with Gasteiger partial charge in [0.25, 0.3) is 0 Å². The van der Waals surface area contributed by atoms with Crippen LogP contribution in [0.25, 0.3) is 21.7 Å². The zero-order chi connectivity index (χ0) is 14.7. The summed E-state index contributed by atoms with van der Waals surface area (Å²) in [5.74, 6) is -0.830. The standard InChI is InChI=1S/C17H13NO2S/c19-16(20)10-15-11-18-17(21-15)14-8-4-7-13(9-14)12-5-2-1-3-6-12/h1-9,11H,10H2,(H,19,20). The lowest BCUT2D eigenvalue weighted by Gasteiger charge is -2.03. The summed E-state index contributed by atoms with van der Waals surface area (Å²) < 4.78 is 0. The van der Waals surface area contributed by atoms with Gasteiger partial charge in [0.2, 0.25) is 0 Å². The molecule has 1 N–H and O–H groups in total. The summed E-state index contributed by atoms with van der Waals surface area (Å²) in [5, 5.41) is 9.67. The first-order chi connectivity index (χ1) is 10.2. The van der Waals surface area contributed by atoms with Gasteiger partial charge in [-0.25, -0.2) is 4.98 Å². The Morgan fingerprint density at radius 1 is 1.00 bits per heavy atom. The van der Waals surface area contributed by atoms with Crippen LogP contribution >= 0.6 is 11.3 Å². The Labute approximate surface area is 126 Å². The van der Waals surface area contributed by atoms with E-state index in [1.54, 1.807) is 6.20 Å². The first-order valence-corrected chi connectivity index (χ1v) is 7.36. The Hall–Kier alpha value is -2.46. The van der Waals surface area contributed by atoms with Crippen molar-refractivity contribution in [1.29, 1.82) is 0 Å². The van der Waals surface area contributed by atoms with Crippen LogP contribution in [0.4, 0.5) is 0 Å². The highest BCUT2D eigenvalue weighted by Crippen LogP contribution is 2.29. The lowest BCUT2D eigenvalue weighted by Crippen LogP contribution is -1.97. The average Bonchev–Trinajstić information content (AvgIpc) is 2.96. The summed E-state index contributed by atoms with van der Waals surface area (Å²) in [6.07, 6.45) is 1.67. The van der Waals surface area contributed by atoms with E-state index in [4.69, 9.17) is 5.11 Å². The van der Waals surface area contributed by atoms with Gasteiger partial charge in [-0.2, -0.15) is 0 Å². The van der Waals surface area contributed by atoms with Crippen LogP contribution in [0.5, 0.6) is 0 Å². The summed E-state index contributed by atoms with van der Waals surface area (Å²) in [6.45, 7) is 0. The molecule has 3 aromatic rings. The second-order valence-electron chi connectivity index (χ2n) is 4.65. The number of carboxylic acid groups (broad SMARTS) is 1. The molecule has 0 fully saturated rings. The number of nitrogens with zero attached hydrogens (tertiary/aromatic N) is 1. The quantitative estimate of drug-likeness (QED) is 0.788. The third-order valence-corrected chi connectivity index (χ3v) is 4.14. The number of aliphatic carboxylic acids is 1. The van der Waals surface area contributed by atoms with Crippen molar-refractivity contribution >= 4 is 17.3 Å². The third-order valence-electron chi connectivity index (χ3n) is 3.10. The van der Waals surface area contributed by atoms with Crippen LogP contribution in [0, 0.1) is 0 Å². The molecule has 0 aliphatic rings. The molecule has 0 bridgehead atoms. The Balaban J connectivity index is 1.93. The predicted molar refractivity (Wildman–Crippen MR) is 84.3 cm³/mol. The molecule has 21 heavy (non-hydrogen) atoms. The van der Waals surface area contributed by atoms with Crippen molar-refractivity contribution in [3.8, 4) is 21.7 Å². The number of hydrogen-bond acceptors (Lipinski definition) is 3. The lowest BCUT2D eigenvalue weighted by molar-refractivity contribution is -0.136. The van der Waals surface area contributed by atoms with Crippen molar-refractivity contribution in [2.45, 2.75) is 6.42 Å². The van der Waals surface area contributed by atoms with E-state index >= 15 is 0 Å². The summed E-state index contributed by atoms with van der Waals surface area (Å²) >= 11 is 1.43. The fraction of sp³-hybridized carbons (Fsp3) is 0.0588. The van der Waals surface area contributed by atoms with E-state index < -0.39 is 5.97 Å². The first-order valence-electron chi connectivity index (χ1n) is 6.55. The molecule has 1 heterocycles. The molecule has 0 radical (unpaired) electrons. The number of benzene rings is 2. The largest absolute Gasteiger partial charge is 0.481 e. The number of hydrogen-bond donors (Lipinski definition) is 1. The maximum atomic E-state index is 10.7. The van der Waals surface area contributed by atoms with Gasteiger partial charge in [0, 0.05) is 16.6 Å². The highest BCUT2D eigenvalue weighted by molar-refractivity contribution is 7.15. The van der Waals surface area contributed by atoms with E-state index in [2.05, 4.69) is 29.2 Å². The molecule has 0 aliphatic heterocycles. The molecular formula is C17H13NO2S. The molecule has 0 aliphatic carbocycles. The van der Waals surface area contributed by atoms with E-state index in [-0.39, 0.29) is 6.42 Å². The SMILES string of the molecule is O=C(O)Cc1cnc(-c2cccc(-c3ccccc3)c2)s1. The average molecular weight is 295 g/mol. The minimum Gasteiger partial charge on any atom is -0.481 e. The molecule has 3 nitrogen and oxygen atoms in total. The molecule has 3 rings (SSSR count). The van der Waals surface area contributed by atoms with Gasteiger partial charge in [0.15, 0.2) is 0 Å². The lowest BCUT2D eigenvalue weighted by atomic mass is 10.0. The second-order valence-corrected chi connectivity index (χ2v) is 5.76. The van der Waals surface area contributed by atoms with Crippen molar-refractivity contribution < 1.29 is 9.90 Å². The monoisotopic (exact) mass is 295 g/mol. The van der Waals surface area contributed by atoms with Gasteiger partial charge >= 0.3 is 5.97 Å². The Bertz CT molecular complexity index is 765. The van der Waals surface area contributed by atoms with E-state index in [9.17, 15) is 4.79 Å². The van der Waals surface area contributed by atoms with Crippen molar-refractivity contribution in [3.63, 3.8) is 0 Å². The molecule has 0 saturated carbocycles. The van der Waals surface area contributed by atoms with Gasteiger partial charge in [-0.05, 0) is 17.2 Å². The molecule has 0 atom stereocenters. The van der Waals surface area contributed by atoms with E-state index in [1.807, 2.05) is 30.3 Å². The van der Waals surface area contributed by atoms with Crippen LogP contribution in [0.15, 0.2) is 60.8 Å². The van der Waals surface area contributed by atoms with Crippen LogP contribution < -0.4 is 0 Å². The Morgan fingerprint density at radius 3 is 2.48 bits per heavy atom. The first kappa shape index (κ1) is 13.5. The van der Waals surface area contributed by atoms with Gasteiger partial charge in [0.05, 0.1) is 6.42 Å². The van der Waals surface area contributed by atoms with Gasteiger partial charge in [-0.3, -0.25) is 4.79 Å². The van der Waals surface area contributed by atoms with Gasteiger partial charge in [0.1, 0.15) is 5.01 Å². The Morgan fingerprint density at radius 2 is 1.71 bits per heavy atom. The molecule has 2 aromatic carbocycles. The molecule has 1 aromatic heterocycles. The zero-order valence-electron chi connectivity index (χ0n) is 11.2. The topological polar surface area (TPSA) is 50.2 Å². The third kappa shape index (κ3) is 3.17. The molecule has 0 spiro atoms. The van der Waals surface area contributed by atoms with Crippen LogP contribution in [-0.2, 0) is 11.2 Å².